The summed E-state index contributed by atoms with van der Waals surface area (Å²) in [6, 6.07) is 7.69. The number of para-hydroxylation sites is 1. The van der Waals surface area contributed by atoms with Gasteiger partial charge in [0.15, 0.2) is 0 Å². The predicted molar refractivity (Wildman–Crippen MR) is 53.3 cm³/mol. The molecule has 4 nitrogen and oxygen atoms in total. The smallest absolute Gasteiger partial charge is 0.198 e. The Morgan fingerprint density at radius 1 is 1.21 bits per heavy atom. The highest BCUT2D eigenvalue weighted by molar-refractivity contribution is 6.34. The number of hydrogen-bond acceptors (Lipinski definition) is 3. The average Bonchev–Trinajstić information content (AvgIpc) is 2.66. The van der Waals surface area contributed by atoms with Gasteiger partial charge in [0.05, 0.1) is 5.52 Å². The van der Waals surface area contributed by atoms with E-state index in [1.165, 1.54) is 6.33 Å². The van der Waals surface area contributed by atoms with E-state index in [-0.39, 0.29) is 0 Å². The van der Waals surface area contributed by atoms with Crippen LogP contribution in [0.1, 0.15) is 0 Å². The molecule has 0 unspecified atom stereocenters. The summed E-state index contributed by atoms with van der Waals surface area (Å²) in [5, 5.41) is 5.41. The molecule has 1 aromatic carbocycles. The molecule has 5 heteroatoms. The minimum absolute atomic E-state index is 0.459. The van der Waals surface area contributed by atoms with E-state index in [1.54, 1.807) is 4.52 Å². The van der Waals surface area contributed by atoms with Crippen LogP contribution in [0.15, 0.2) is 30.6 Å². The van der Waals surface area contributed by atoms with Gasteiger partial charge in [0, 0.05) is 5.39 Å². The van der Waals surface area contributed by atoms with Crippen molar-refractivity contribution in [3.8, 4) is 0 Å². The molecule has 2 heterocycles. The van der Waals surface area contributed by atoms with Crippen molar-refractivity contribution in [3.63, 3.8) is 0 Å². The minimum Gasteiger partial charge on any atom is -0.198 e. The number of hydrogen-bond donors (Lipinski definition) is 0. The van der Waals surface area contributed by atoms with Crippen LogP contribution in [-0.2, 0) is 0 Å². The van der Waals surface area contributed by atoms with Crippen molar-refractivity contribution in [2.24, 2.45) is 0 Å². The zero-order chi connectivity index (χ0) is 9.54. The van der Waals surface area contributed by atoms with Gasteiger partial charge in [-0.3, -0.25) is 0 Å². The molecule has 0 aliphatic rings. The Bertz CT molecular complexity index is 616. The van der Waals surface area contributed by atoms with E-state index in [1.807, 2.05) is 24.3 Å². The van der Waals surface area contributed by atoms with E-state index in [0.717, 1.165) is 10.9 Å². The summed E-state index contributed by atoms with van der Waals surface area (Å²) in [5.41, 5.74) is 0.917. The Kier molecular flexibility index (Phi) is 1.46. The zero-order valence-corrected chi connectivity index (χ0v) is 7.81. The van der Waals surface area contributed by atoms with Gasteiger partial charge in [-0.2, -0.15) is 19.6 Å². The highest BCUT2D eigenvalue weighted by Crippen LogP contribution is 2.21. The second kappa shape index (κ2) is 2.65. The normalized spacial score (nSPS) is 11.2. The van der Waals surface area contributed by atoms with Crippen LogP contribution in [0.25, 0.3) is 16.7 Å². The topological polar surface area (TPSA) is 43.1 Å². The molecule has 0 saturated heterocycles. The van der Waals surface area contributed by atoms with Gasteiger partial charge < -0.3 is 0 Å². The van der Waals surface area contributed by atoms with E-state index < -0.39 is 0 Å². The van der Waals surface area contributed by atoms with Gasteiger partial charge >= 0.3 is 0 Å². The Labute approximate surface area is 84.2 Å². The number of nitrogens with zero attached hydrogens (tertiary/aromatic N) is 4. The summed E-state index contributed by atoms with van der Waals surface area (Å²) in [6.07, 6.45) is 1.46. The molecular weight excluding hydrogens is 200 g/mol. The van der Waals surface area contributed by atoms with Crippen molar-refractivity contribution < 1.29 is 0 Å². The van der Waals surface area contributed by atoms with Gasteiger partial charge in [0.2, 0.25) is 0 Å². The molecule has 0 aliphatic heterocycles. The molecule has 14 heavy (non-hydrogen) atoms. The largest absolute Gasteiger partial charge is 0.254 e. The molecule has 0 atom stereocenters. The van der Waals surface area contributed by atoms with E-state index in [4.69, 9.17) is 11.6 Å². The molecule has 0 spiro atoms. The minimum atomic E-state index is 0.459. The lowest BCUT2D eigenvalue weighted by atomic mass is 10.2. The predicted octanol–water partition coefficient (Wildman–Crippen LogP) is 1.93. The SMILES string of the molecule is Clc1nc2ncnn2c2ccccc12. The maximum absolute atomic E-state index is 6.00. The molecule has 0 bridgehead atoms. The van der Waals surface area contributed by atoms with Crippen molar-refractivity contribution in [1.82, 2.24) is 19.6 Å². The maximum atomic E-state index is 6.00. The highest BCUT2D eigenvalue weighted by Gasteiger charge is 2.06. The Hall–Kier alpha value is -1.68. The van der Waals surface area contributed by atoms with Crippen LogP contribution in [0, 0.1) is 0 Å². The van der Waals surface area contributed by atoms with Gasteiger partial charge in [-0.15, -0.1) is 0 Å². The van der Waals surface area contributed by atoms with Gasteiger partial charge in [0.1, 0.15) is 11.5 Å². The van der Waals surface area contributed by atoms with Gasteiger partial charge in [-0.25, -0.2) is 0 Å². The lowest BCUT2D eigenvalue weighted by molar-refractivity contribution is 0.984. The van der Waals surface area contributed by atoms with Gasteiger partial charge in [-0.1, -0.05) is 23.7 Å². The third-order valence-electron chi connectivity index (χ3n) is 2.08. The first kappa shape index (κ1) is 7.70. The number of halogens is 1. The third-order valence-corrected chi connectivity index (χ3v) is 2.37. The molecule has 0 radical (unpaired) electrons. The van der Waals surface area contributed by atoms with Crippen LogP contribution in [0.4, 0.5) is 0 Å². The van der Waals surface area contributed by atoms with E-state index in [2.05, 4.69) is 15.1 Å². The van der Waals surface area contributed by atoms with Crippen molar-refractivity contribution in [1.29, 1.82) is 0 Å². The van der Waals surface area contributed by atoms with Crippen LogP contribution in [0.5, 0.6) is 0 Å². The lowest BCUT2D eigenvalue weighted by Gasteiger charge is -2.00. The van der Waals surface area contributed by atoms with E-state index in [9.17, 15) is 0 Å². The summed E-state index contributed by atoms with van der Waals surface area (Å²) in [6.45, 7) is 0. The summed E-state index contributed by atoms with van der Waals surface area (Å²) in [7, 11) is 0. The standard InChI is InChI=1S/C9H5ClN4/c10-8-6-3-1-2-4-7(6)14-9(13-8)11-5-12-14/h1-5H. The summed E-state index contributed by atoms with van der Waals surface area (Å²) < 4.78 is 1.67. The first-order chi connectivity index (χ1) is 6.86. The molecular formula is C9H5ClN4. The fourth-order valence-corrected chi connectivity index (χ4v) is 1.70. The monoisotopic (exact) mass is 204 g/mol. The van der Waals surface area contributed by atoms with Crippen LogP contribution in [-0.4, -0.2) is 19.6 Å². The number of fused-ring (bicyclic) bond motifs is 3. The van der Waals surface area contributed by atoms with Crippen molar-refractivity contribution >= 4 is 28.3 Å². The first-order valence-corrected chi connectivity index (χ1v) is 4.48. The number of rotatable bonds is 0. The molecule has 0 saturated carbocycles. The molecule has 0 amide bonds. The van der Waals surface area contributed by atoms with Crippen LogP contribution < -0.4 is 0 Å². The quantitative estimate of drug-likeness (QED) is 0.526. The molecule has 0 N–H and O–H groups in total. The molecule has 0 fully saturated rings. The summed E-state index contributed by atoms with van der Waals surface area (Å²) >= 11 is 6.00. The van der Waals surface area contributed by atoms with Crippen LogP contribution >= 0.6 is 11.6 Å². The van der Waals surface area contributed by atoms with Crippen LogP contribution in [0.3, 0.4) is 0 Å². The van der Waals surface area contributed by atoms with Crippen molar-refractivity contribution in [2.75, 3.05) is 0 Å². The second-order valence-electron chi connectivity index (χ2n) is 2.89. The van der Waals surface area contributed by atoms with Crippen molar-refractivity contribution in [3.05, 3.63) is 35.7 Å². The summed E-state index contributed by atoms with van der Waals surface area (Å²) in [5.74, 6) is 0.522. The lowest BCUT2D eigenvalue weighted by Crippen LogP contribution is -1.93. The van der Waals surface area contributed by atoms with E-state index >= 15 is 0 Å². The average molecular weight is 205 g/mol. The molecule has 68 valence electrons. The first-order valence-electron chi connectivity index (χ1n) is 4.10. The summed E-state index contributed by atoms with van der Waals surface area (Å²) in [4.78, 5) is 8.10. The highest BCUT2D eigenvalue weighted by atomic mass is 35.5. The maximum Gasteiger partial charge on any atom is 0.254 e. The van der Waals surface area contributed by atoms with E-state index in [0.29, 0.717) is 10.9 Å². The molecule has 3 rings (SSSR count). The Morgan fingerprint density at radius 2 is 2.07 bits per heavy atom. The Morgan fingerprint density at radius 3 is 3.00 bits per heavy atom. The number of aromatic nitrogens is 4. The number of benzene rings is 1. The van der Waals surface area contributed by atoms with Gasteiger partial charge in [0.25, 0.3) is 5.78 Å². The third kappa shape index (κ3) is 0.914. The second-order valence-corrected chi connectivity index (χ2v) is 3.25. The van der Waals surface area contributed by atoms with Crippen molar-refractivity contribution in [2.45, 2.75) is 0 Å². The van der Waals surface area contributed by atoms with Gasteiger partial charge in [-0.05, 0) is 12.1 Å². The van der Waals surface area contributed by atoms with Crippen LogP contribution in [0.2, 0.25) is 5.15 Å². The Balaban J connectivity index is 2.67. The molecule has 2 aromatic heterocycles. The molecule has 3 aromatic rings. The fraction of sp³-hybridized carbons (Fsp3) is 0. The molecule has 0 aliphatic carbocycles. The zero-order valence-electron chi connectivity index (χ0n) is 7.05. The fourth-order valence-electron chi connectivity index (χ4n) is 1.46.